The van der Waals surface area contributed by atoms with Crippen molar-refractivity contribution in [3.8, 4) is 0 Å². The molecule has 1 aliphatic rings. The summed E-state index contributed by atoms with van der Waals surface area (Å²) in [6, 6.07) is 4.52. The zero-order valence-electron chi connectivity index (χ0n) is 20.2. The summed E-state index contributed by atoms with van der Waals surface area (Å²) in [6.45, 7) is 5.29. The van der Waals surface area contributed by atoms with Gasteiger partial charge in [0.05, 0.1) is 13.0 Å². The molecule has 2 amide bonds. The Morgan fingerprint density at radius 1 is 1.06 bits per heavy atom. The van der Waals surface area contributed by atoms with Crippen molar-refractivity contribution in [2.75, 3.05) is 19.7 Å². The summed E-state index contributed by atoms with van der Waals surface area (Å²) in [4.78, 5) is 39.3. The Morgan fingerprint density at radius 2 is 1.70 bits per heavy atom. The number of esters is 1. The fraction of sp³-hybridized carbons (Fsp3) is 0.654. The average Bonchev–Trinajstić information content (AvgIpc) is 2.80. The number of unbranched alkanes of at least 4 members (excludes halogenated alkanes) is 9. The standard InChI is InChI=1S/C26H39BrN2O4/c1-3-4-5-6-7-8-9-10-11-12-17-33-24(30)19-23-25(31)28-15-16-29(23)26(32)21-14-13-20(2)22(27)18-21/h13-14,18,23H,3-12,15-17,19H2,1-2H3,(H,28,31). The lowest BCUT2D eigenvalue weighted by atomic mass is 10.1. The number of piperazine rings is 1. The molecule has 0 bridgehead atoms. The van der Waals surface area contributed by atoms with Gasteiger partial charge in [-0.3, -0.25) is 14.4 Å². The third kappa shape index (κ3) is 9.48. The van der Waals surface area contributed by atoms with Gasteiger partial charge in [0.25, 0.3) is 5.91 Å². The highest BCUT2D eigenvalue weighted by molar-refractivity contribution is 9.10. The Kier molecular flexibility index (Phi) is 12.5. The first kappa shape index (κ1) is 27.4. The van der Waals surface area contributed by atoms with Crippen LogP contribution < -0.4 is 5.32 Å². The Hall–Kier alpha value is -1.89. The molecule has 0 saturated carbocycles. The summed E-state index contributed by atoms with van der Waals surface area (Å²) in [5.41, 5.74) is 1.51. The highest BCUT2D eigenvalue weighted by Crippen LogP contribution is 2.21. The maximum absolute atomic E-state index is 13.0. The number of carbonyl (C=O) groups excluding carboxylic acids is 3. The number of hydrogen-bond donors (Lipinski definition) is 1. The van der Waals surface area contributed by atoms with Crippen molar-refractivity contribution in [3.63, 3.8) is 0 Å². The zero-order chi connectivity index (χ0) is 24.1. The lowest BCUT2D eigenvalue weighted by Crippen LogP contribution is -2.57. The van der Waals surface area contributed by atoms with Gasteiger partial charge in [0.1, 0.15) is 6.04 Å². The fourth-order valence-corrected chi connectivity index (χ4v) is 4.42. The number of halogens is 1. The summed E-state index contributed by atoms with van der Waals surface area (Å²) < 4.78 is 6.20. The van der Waals surface area contributed by atoms with E-state index in [9.17, 15) is 14.4 Å². The van der Waals surface area contributed by atoms with Crippen molar-refractivity contribution >= 4 is 33.7 Å². The van der Waals surface area contributed by atoms with Gasteiger partial charge in [-0.25, -0.2) is 0 Å². The van der Waals surface area contributed by atoms with Crippen molar-refractivity contribution in [3.05, 3.63) is 33.8 Å². The molecule has 184 valence electrons. The van der Waals surface area contributed by atoms with E-state index in [0.717, 1.165) is 29.3 Å². The highest BCUT2D eigenvalue weighted by atomic mass is 79.9. The van der Waals surface area contributed by atoms with Gasteiger partial charge in [0.15, 0.2) is 0 Å². The second kappa shape index (κ2) is 15.1. The van der Waals surface area contributed by atoms with Crippen LogP contribution in [-0.4, -0.2) is 48.4 Å². The molecule has 0 radical (unpaired) electrons. The predicted molar refractivity (Wildman–Crippen MR) is 134 cm³/mol. The third-order valence-electron chi connectivity index (χ3n) is 6.13. The smallest absolute Gasteiger partial charge is 0.308 e. The van der Waals surface area contributed by atoms with Gasteiger partial charge in [-0.1, -0.05) is 86.7 Å². The van der Waals surface area contributed by atoms with Crippen LogP contribution in [0, 0.1) is 6.92 Å². The second-order valence-corrected chi connectivity index (χ2v) is 9.73. The molecular weight excluding hydrogens is 484 g/mol. The Labute approximate surface area is 206 Å². The van der Waals surface area contributed by atoms with Crippen LogP contribution in [0.5, 0.6) is 0 Å². The lowest BCUT2D eigenvalue weighted by Gasteiger charge is -2.34. The number of rotatable bonds is 14. The van der Waals surface area contributed by atoms with Crippen LogP contribution in [-0.2, 0) is 14.3 Å². The van der Waals surface area contributed by atoms with Crippen LogP contribution in [0.2, 0.25) is 0 Å². The third-order valence-corrected chi connectivity index (χ3v) is 6.99. The van der Waals surface area contributed by atoms with Crippen molar-refractivity contribution in [2.24, 2.45) is 0 Å². The molecule has 1 unspecified atom stereocenters. The summed E-state index contributed by atoms with van der Waals surface area (Å²) >= 11 is 3.45. The van der Waals surface area contributed by atoms with Gasteiger partial charge >= 0.3 is 5.97 Å². The van der Waals surface area contributed by atoms with E-state index in [1.54, 1.807) is 12.1 Å². The van der Waals surface area contributed by atoms with Crippen molar-refractivity contribution in [1.29, 1.82) is 0 Å². The molecule has 0 aliphatic carbocycles. The SMILES string of the molecule is CCCCCCCCCCCCOC(=O)CC1C(=O)NCCN1C(=O)c1ccc(C)c(Br)c1. The fourth-order valence-electron chi connectivity index (χ4n) is 4.04. The van der Waals surface area contributed by atoms with Crippen molar-refractivity contribution in [1.82, 2.24) is 10.2 Å². The molecule has 1 saturated heterocycles. The first-order valence-electron chi connectivity index (χ1n) is 12.4. The van der Waals surface area contributed by atoms with Gasteiger partial charge in [-0.05, 0) is 31.0 Å². The normalized spacial score (nSPS) is 15.9. The minimum atomic E-state index is -0.841. The van der Waals surface area contributed by atoms with Crippen LogP contribution in [0.25, 0.3) is 0 Å². The monoisotopic (exact) mass is 522 g/mol. The summed E-state index contributed by atoms with van der Waals surface area (Å²) in [7, 11) is 0. The van der Waals surface area contributed by atoms with E-state index in [4.69, 9.17) is 4.74 Å². The summed E-state index contributed by atoms with van der Waals surface area (Å²) in [5, 5.41) is 2.76. The molecule has 2 rings (SSSR count). The molecule has 0 aromatic heterocycles. The van der Waals surface area contributed by atoms with E-state index in [1.165, 1.54) is 49.8 Å². The van der Waals surface area contributed by atoms with Gasteiger partial charge in [0, 0.05) is 23.1 Å². The molecule has 0 spiro atoms. The van der Waals surface area contributed by atoms with E-state index in [-0.39, 0.29) is 18.2 Å². The van der Waals surface area contributed by atoms with Gasteiger partial charge in [-0.2, -0.15) is 0 Å². The predicted octanol–water partition coefficient (Wildman–Crippen LogP) is 5.55. The van der Waals surface area contributed by atoms with Crippen molar-refractivity contribution < 1.29 is 19.1 Å². The van der Waals surface area contributed by atoms with Gasteiger partial charge in [0.2, 0.25) is 5.91 Å². The van der Waals surface area contributed by atoms with E-state index in [2.05, 4.69) is 28.2 Å². The molecular formula is C26H39BrN2O4. The number of amides is 2. The number of carbonyl (C=O) groups is 3. The van der Waals surface area contributed by atoms with Gasteiger partial charge < -0.3 is 15.0 Å². The van der Waals surface area contributed by atoms with Crippen LogP contribution in [0.15, 0.2) is 22.7 Å². The molecule has 1 heterocycles. The molecule has 1 fully saturated rings. The largest absolute Gasteiger partial charge is 0.466 e. The topological polar surface area (TPSA) is 75.7 Å². The lowest BCUT2D eigenvalue weighted by molar-refractivity contribution is -0.147. The van der Waals surface area contributed by atoms with Crippen LogP contribution in [0.3, 0.4) is 0 Å². The number of benzene rings is 1. The Morgan fingerprint density at radius 3 is 2.33 bits per heavy atom. The van der Waals surface area contributed by atoms with Crippen LogP contribution >= 0.6 is 15.9 Å². The quantitative estimate of drug-likeness (QED) is 0.256. The second-order valence-electron chi connectivity index (χ2n) is 8.88. The van der Waals surface area contributed by atoms with Crippen molar-refractivity contribution in [2.45, 2.75) is 90.5 Å². The average molecular weight is 524 g/mol. The van der Waals surface area contributed by atoms with Gasteiger partial charge in [-0.15, -0.1) is 0 Å². The maximum atomic E-state index is 13.0. The summed E-state index contributed by atoms with van der Waals surface area (Å²) in [5.74, 6) is -0.995. The number of hydrogen-bond acceptors (Lipinski definition) is 4. The number of aryl methyl sites for hydroxylation is 1. The highest BCUT2D eigenvalue weighted by Gasteiger charge is 2.35. The van der Waals surface area contributed by atoms with E-state index >= 15 is 0 Å². The number of nitrogens with zero attached hydrogens (tertiary/aromatic N) is 1. The van der Waals surface area contributed by atoms with E-state index in [0.29, 0.717) is 25.3 Å². The maximum Gasteiger partial charge on any atom is 0.308 e. The Bertz CT molecular complexity index is 784. The molecule has 1 aliphatic heterocycles. The molecule has 1 N–H and O–H groups in total. The van der Waals surface area contributed by atoms with Crippen LogP contribution in [0.1, 0.15) is 93.5 Å². The first-order chi connectivity index (χ1) is 15.9. The number of nitrogens with one attached hydrogen (secondary N) is 1. The number of ether oxygens (including phenoxy) is 1. The minimum absolute atomic E-state index is 0.123. The molecule has 7 heteroatoms. The molecule has 1 atom stereocenters. The molecule has 1 aromatic carbocycles. The Balaban J connectivity index is 1.72. The molecule has 1 aromatic rings. The van der Waals surface area contributed by atoms with E-state index in [1.807, 2.05) is 13.0 Å². The molecule has 33 heavy (non-hydrogen) atoms. The first-order valence-corrected chi connectivity index (χ1v) is 13.2. The van der Waals surface area contributed by atoms with E-state index < -0.39 is 12.0 Å². The molecule has 6 nitrogen and oxygen atoms in total. The minimum Gasteiger partial charge on any atom is -0.466 e. The summed E-state index contributed by atoms with van der Waals surface area (Å²) in [6.07, 6.45) is 12.0. The zero-order valence-corrected chi connectivity index (χ0v) is 21.8. The van der Waals surface area contributed by atoms with Crippen LogP contribution in [0.4, 0.5) is 0 Å².